The zero-order valence-corrected chi connectivity index (χ0v) is 28.4. The molecule has 3 aliphatic rings. The van der Waals surface area contributed by atoms with E-state index in [0.29, 0.717) is 54.4 Å². The fraction of sp³-hybridized carbons (Fsp3) is 0.444. The molecule has 0 spiro atoms. The van der Waals surface area contributed by atoms with Crippen molar-refractivity contribution in [3.05, 3.63) is 69.5 Å². The normalized spacial score (nSPS) is 17.7. The molecule has 4 aromatic rings. The highest BCUT2D eigenvalue weighted by Crippen LogP contribution is 2.47. The maximum absolute atomic E-state index is 13.1. The molecule has 0 radical (unpaired) electrons. The Morgan fingerprint density at radius 3 is 2.46 bits per heavy atom. The summed E-state index contributed by atoms with van der Waals surface area (Å²) in [6.07, 6.45) is 6.59. The number of nitrogens with two attached hydrogens (primary N) is 1. The zero-order chi connectivity index (χ0) is 33.7. The number of rotatable bonds is 8. The van der Waals surface area contributed by atoms with Crippen LogP contribution in [0.15, 0.2) is 36.5 Å². The lowest BCUT2D eigenvalue weighted by molar-refractivity contribution is 0.0288. The van der Waals surface area contributed by atoms with Gasteiger partial charge in [0.05, 0.1) is 41.5 Å². The third-order valence-electron chi connectivity index (χ3n) is 9.01. The molecule has 1 atom stereocenters. The monoisotopic (exact) mass is 669 g/mol. The highest BCUT2D eigenvalue weighted by molar-refractivity contribution is 6.33. The molecule has 3 heterocycles. The van der Waals surface area contributed by atoms with Gasteiger partial charge in [0.2, 0.25) is 0 Å². The first-order valence-electron chi connectivity index (χ1n) is 16.5. The van der Waals surface area contributed by atoms with Crippen molar-refractivity contribution in [3.63, 3.8) is 0 Å². The van der Waals surface area contributed by atoms with Crippen molar-refractivity contribution < 1.29 is 19.1 Å². The Morgan fingerprint density at radius 1 is 1.06 bits per heavy atom. The van der Waals surface area contributed by atoms with E-state index >= 15 is 0 Å². The fourth-order valence-electron chi connectivity index (χ4n) is 6.34. The summed E-state index contributed by atoms with van der Waals surface area (Å²) in [7, 11) is 1.62. The van der Waals surface area contributed by atoms with Crippen molar-refractivity contribution >= 4 is 40.3 Å². The lowest BCUT2D eigenvalue weighted by Gasteiger charge is -2.24. The first-order chi connectivity index (χ1) is 23.0. The summed E-state index contributed by atoms with van der Waals surface area (Å²) in [5, 5.41) is 14.5. The van der Waals surface area contributed by atoms with Crippen LogP contribution in [0, 0.1) is 11.8 Å². The second kappa shape index (κ2) is 12.4. The van der Waals surface area contributed by atoms with Gasteiger partial charge >= 0.3 is 6.09 Å². The van der Waals surface area contributed by atoms with Crippen LogP contribution in [0.4, 0.5) is 10.6 Å². The molecule has 0 bridgehead atoms. The van der Waals surface area contributed by atoms with Gasteiger partial charge in [0.25, 0.3) is 5.91 Å². The number of ether oxygens (including phenoxy) is 2. The lowest BCUT2D eigenvalue weighted by Crippen LogP contribution is -2.35. The number of carbonyl (C=O) groups is 2. The van der Waals surface area contributed by atoms with Crippen LogP contribution in [0.3, 0.4) is 0 Å². The molecule has 1 saturated heterocycles. The number of likely N-dealkylation sites (tertiary alicyclic amines) is 1. The minimum atomic E-state index is -0.661. The Labute approximate surface area is 284 Å². The molecule has 3 N–H and O–H groups in total. The molecule has 250 valence electrons. The average Bonchev–Trinajstić information content (AvgIpc) is 3.94. The fourth-order valence-corrected chi connectivity index (χ4v) is 6.61. The van der Waals surface area contributed by atoms with Gasteiger partial charge in [-0.15, -0.1) is 0 Å². The Kier molecular flexibility index (Phi) is 8.24. The summed E-state index contributed by atoms with van der Waals surface area (Å²) in [5.74, 6) is 7.43. The second-order valence-corrected chi connectivity index (χ2v) is 14.3. The van der Waals surface area contributed by atoms with Crippen LogP contribution in [0.2, 0.25) is 5.02 Å². The molecule has 2 aromatic carbocycles. The van der Waals surface area contributed by atoms with E-state index in [1.54, 1.807) is 16.7 Å². The average molecular weight is 670 g/mol. The van der Waals surface area contributed by atoms with E-state index in [1.165, 1.54) is 5.56 Å². The molecule has 2 amide bonds. The number of amides is 2. The number of hydrogen-bond acceptors (Lipinski definition) is 7. The summed E-state index contributed by atoms with van der Waals surface area (Å²) >= 11 is 6.90. The number of methoxy groups -OCH3 is 1. The number of anilines is 1. The van der Waals surface area contributed by atoms with E-state index in [9.17, 15) is 9.59 Å². The van der Waals surface area contributed by atoms with Gasteiger partial charge in [-0.3, -0.25) is 9.48 Å². The predicted octanol–water partition coefficient (Wildman–Crippen LogP) is 6.40. The molecule has 12 heteroatoms. The van der Waals surface area contributed by atoms with E-state index in [1.807, 2.05) is 57.3 Å². The topological polar surface area (TPSA) is 130 Å². The smallest absolute Gasteiger partial charge is 0.410 e. The SMILES string of the molecule is COc1ccc(CNc2c(C(N)=O)c(C#Cc3c(Cl)cc(C4CC4)c4c3cnn4C3CC3)nn2[C@H]2CCN(C(=O)OC(C)(C)C)C2)cc1. The van der Waals surface area contributed by atoms with Crippen molar-refractivity contribution in [2.75, 3.05) is 25.5 Å². The minimum Gasteiger partial charge on any atom is -0.497 e. The molecule has 7 rings (SSSR count). The van der Waals surface area contributed by atoms with Crippen molar-refractivity contribution in [1.29, 1.82) is 0 Å². The number of carbonyl (C=O) groups excluding carboxylic acids is 2. The third kappa shape index (κ3) is 6.41. The van der Waals surface area contributed by atoms with Gasteiger partial charge in [-0.05, 0) is 94.0 Å². The number of halogens is 1. The maximum Gasteiger partial charge on any atom is 0.410 e. The molecule has 2 saturated carbocycles. The summed E-state index contributed by atoms with van der Waals surface area (Å²) < 4.78 is 14.8. The predicted molar refractivity (Wildman–Crippen MR) is 183 cm³/mol. The summed E-state index contributed by atoms with van der Waals surface area (Å²) in [4.78, 5) is 27.7. The van der Waals surface area contributed by atoms with Crippen LogP contribution >= 0.6 is 11.6 Å². The molecular weight excluding hydrogens is 630 g/mol. The first kappa shape index (κ1) is 31.9. The number of fused-ring (bicyclic) bond motifs is 1. The lowest BCUT2D eigenvalue weighted by atomic mass is 10.0. The number of benzene rings is 2. The molecular formula is C36H40ClN7O4. The number of nitrogens with one attached hydrogen (secondary N) is 1. The second-order valence-electron chi connectivity index (χ2n) is 13.9. The summed E-state index contributed by atoms with van der Waals surface area (Å²) in [5.41, 5.74) is 9.78. The molecule has 2 aliphatic carbocycles. The Morgan fingerprint density at radius 2 is 1.81 bits per heavy atom. The minimum absolute atomic E-state index is 0.183. The first-order valence-corrected chi connectivity index (χ1v) is 16.9. The van der Waals surface area contributed by atoms with Crippen LogP contribution in [-0.2, 0) is 11.3 Å². The Balaban J connectivity index is 1.27. The van der Waals surface area contributed by atoms with Crippen molar-refractivity contribution in [1.82, 2.24) is 24.5 Å². The van der Waals surface area contributed by atoms with Gasteiger partial charge in [-0.25, -0.2) is 9.48 Å². The standard InChI is InChI=1S/C36H40ClN7O4/c1-36(2,3)48-35(46)42-16-15-24(20-42)44-34(39-18-21-5-11-25(47-4)12-6-21)31(33(38)45)30(41-44)14-13-26-28-19-40-43(23-9-10-23)32(28)27(17-29(26)37)22-7-8-22/h5-6,11-12,17,19,22-24,39H,7-10,15-16,18,20H2,1-4H3,(H2,38,45)/t24-/m0/s1. The zero-order valence-electron chi connectivity index (χ0n) is 27.7. The van der Waals surface area contributed by atoms with Crippen molar-refractivity contribution in [2.24, 2.45) is 5.73 Å². The van der Waals surface area contributed by atoms with E-state index in [4.69, 9.17) is 37.0 Å². The van der Waals surface area contributed by atoms with Crippen LogP contribution in [0.25, 0.3) is 10.9 Å². The maximum atomic E-state index is 13.1. The van der Waals surface area contributed by atoms with Gasteiger partial charge in [0.1, 0.15) is 22.7 Å². The number of aromatic nitrogens is 4. The van der Waals surface area contributed by atoms with E-state index in [2.05, 4.69) is 21.8 Å². The summed E-state index contributed by atoms with van der Waals surface area (Å²) in [6, 6.07) is 9.83. The number of primary amides is 1. The van der Waals surface area contributed by atoms with Crippen LogP contribution in [0.5, 0.6) is 5.75 Å². The van der Waals surface area contributed by atoms with Crippen molar-refractivity contribution in [3.8, 4) is 17.6 Å². The van der Waals surface area contributed by atoms with E-state index in [-0.39, 0.29) is 23.4 Å². The molecule has 11 nitrogen and oxygen atoms in total. The van der Waals surface area contributed by atoms with E-state index < -0.39 is 11.5 Å². The van der Waals surface area contributed by atoms with Gasteiger partial charge in [0.15, 0.2) is 5.69 Å². The van der Waals surface area contributed by atoms with Gasteiger partial charge < -0.3 is 25.4 Å². The molecule has 3 fully saturated rings. The third-order valence-corrected chi connectivity index (χ3v) is 9.31. The summed E-state index contributed by atoms with van der Waals surface area (Å²) in [6.45, 7) is 6.75. The number of nitrogens with zero attached hydrogens (tertiary/aromatic N) is 5. The van der Waals surface area contributed by atoms with Gasteiger partial charge in [-0.1, -0.05) is 29.7 Å². The Hall–Kier alpha value is -4.69. The Bertz CT molecular complexity index is 1960. The highest BCUT2D eigenvalue weighted by atomic mass is 35.5. The quantitative estimate of drug-likeness (QED) is 0.208. The van der Waals surface area contributed by atoms with Crippen LogP contribution in [0.1, 0.15) is 104 Å². The van der Waals surface area contributed by atoms with Crippen molar-refractivity contribution in [2.45, 2.75) is 83.0 Å². The van der Waals surface area contributed by atoms with Crippen LogP contribution in [-0.4, -0.2) is 62.3 Å². The van der Waals surface area contributed by atoms with Crippen LogP contribution < -0.4 is 15.8 Å². The molecule has 48 heavy (non-hydrogen) atoms. The van der Waals surface area contributed by atoms with E-state index in [0.717, 1.165) is 47.9 Å². The number of hydrogen-bond donors (Lipinski definition) is 2. The van der Waals surface area contributed by atoms with Gasteiger partial charge in [-0.2, -0.15) is 10.2 Å². The van der Waals surface area contributed by atoms with Gasteiger partial charge in [0, 0.05) is 25.0 Å². The molecule has 2 aromatic heterocycles. The highest BCUT2D eigenvalue weighted by Gasteiger charge is 2.35. The molecule has 0 unspecified atom stereocenters. The molecule has 1 aliphatic heterocycles. The largest absolute Gasteiger partial charge is 0.497 e.